The van der Waals surface area contributed by atoms with E-state index in [1.54, 1.807) is 32.2 Å². The SMILES string of the molecule is Cc1[nH]n(C)c(=O)c1C(=O)c1ccc(-n2cncn2)cc1Cl. The van der Waals surface area contributed by atoms with Crippen molar-refractivity contribution in [2.45, 2.75) is 6.92 Å². The lowest BCUT2D eigenvalue weighted by atomic mass is 10.0. The normalized spacial score (nSPS) is 10.9. The van der Waals surface area contributed by atoms with E-state index >= 15 is 0 Å². The molecule has 0 fully saturated rings. The van der Waals surface area contributed by atoms with Crippen LogP contribution in [0.15, 0.2) is 35.6 Å². The maximum Gasteiger partial charge on any atom is 0.277 e. The molecule has 0 aliphatic heterocycles. The fourth-order valence-electron chi connectivity index (χ4n) is 2.26. The van der Waals surface area contributed by atoms with Gasteiger partial charge in [-0.15, -0.1) is 0 Å². The molecule has 0 aliphatic rings. The van der Waals surface area contributed by atoms with E-state index in [4.69, 9.17) is 11.6 Å². The molecule has 112 valence electrons. The van der Waals surface area contributed by atoms with Crippen molar-refractivity contribution in [2.24, 2.45) is 7.05 Å². The predicted octanol–water partition coefficient (Wildman–Crippen LogP) is 1.49. The van der Waals surface area contributed by atoms with E-state index in [9.17, 15) is 9.59 Å². The van der Waals surface area contributed by atoms with Gasteiger partial charge < -0.3 is 0 Å². The molecule has 1 N–H and O–H groups in total. The molecule has 3 aromatic rings. The number of hydrogen-bond donors (Lipinski definition) is 1. The van der Waals surface area contributed by atoms with Crippen molar-refractivity contribution < 1.29 is 4.79 Å². The third-order valence-corrected chi connectivity index (χ3v) is 3.65. The van der Waals surface area contributed by atoms with E-state index in [1.165, 1.54) is 22.0 Å². The number of benzene rings is 1. The number of ketones is 1. The zero-order chi connectivity index (χ0) is 15.9. The monoisotopic (exact) mass is 317 g/mol. The van der Waals surface area contributed by atoms with Crippen LogP contribution in [0.3, 0.4) is 0 Å². The summed E-state index contributed by atoms with van der Waals surface area (Å²) in [6.45, 7) is 1.67. The number of H-pyrrole nitrogens is 1. The molecule has 0 spiro atoms. The molecule has 0 aliphatic carbocycles. The van der Waals surface area contributed by atoms with E-state index in [0.29, 0.717) is 11.4 Å². The highest BCUT2D eigenvalue weighted by atomic mass is 35.5. The molecule has 0 saturated heterocycles. The number of carbonyl (C=O) groups excluding carboxylic acids is 1. The van der Waals surface area contributed by atoms with Gasteiger partial charge in [-0.1, -0.05) is 11.6 Å². The summed E-state index contributed by atoms with van der Waals surface area (Å²) in [5.74, 6) is -0.408. The highest BCUT2D eigenvalue weighted by Gasteiger charge is 2.21. The van der Waals surface area contributed by atoms with E-state index in [0.717, 1.165) is 0 Å². The molecule has 2 aromatic heterocycles. The Balaban J connectivity index is 2.05. The van der Waals surface area contributed by atoms with Crippen LogP contribution in [-0.4, -0.2) is 30.3 Å². The smallest absolute Gasteiger partial charge is 0.277 e. The highest BCUT2D eigenvalue weighted by Crippen LogP contribution is 2.22. The number of aromatic nitrogens is 5. The molecule has 0 saturated carbocycles. The van der Waals surface area contributed by atoms with Crippen LogP contribution < -0.4 is 5.56 Å². The molecule has 0 atom stereocenters. The fourth-order valence-corrected chi connectivity index (χ4v) is 2.52. The zero-order valence-electron chi connectivity index (χ0n) is 11.9. The summed E-state index contributed by atoms with van der Waals surface area (Å²) >= 11 is 6.20. The van der Waals surface area contributed by atoms with Crippen LogP contribution >= 0.6 is 11.6 Å². The topological polar surface area (TPSA) is 85.6 Å². The van der Waals surface area contributed by atoms with Gasteiger partial charge in [0.2, 0.25) is 5.78 Å². The third kappa shape index (κ3) is 2.25. The van der Waals surface area contributed by atoms with Crippen molar-refractivity contribution in [1.29, 1.82) is 0 Å². The van der Waals surface area contributed by atoms with Crippen LogP contribution in [0.4, 0.5) is 0 Å². The van der Waals surface area contributed by atoms with Crippen LogP contribution in [0.5, 0.6) is 0 Å². The van der Waals surface area contributed by atoms with Crippen molar-refractivity contribution in [2.75, 3.05) is 0 Å². The standard InChI is InChI=1S/C14H12ClN5O2/c1-8-12(14(22)19(2)18-8)13(21)10-4-3-9(5-11(10)15)20-7-16-6-17-20/h3-7,18H,1-2H3. The van der Waals surface area contributed by atoms with E-state index in [1.807, 2.05) is 0 Å². The summed E-state index contributed by atoms with van der Waals surface area (Å²) < 4.78 is 2.79. The van der Waals surface area contributed by atoms with Gasteiger partial charge in [0.15, 0.2) is 0 Å². The maximum absolute atomic E-state index is 12.6. The van der Waals surface area contributed by atoms with Crippen molar-refractivity contribution in [3.8, 4) is 5.69 Å². The molecule has 7 nitrogen and oxygen atoms in total. The first kappa shape index (κ1) is 14.3. The van der Waals surface area contributed by atoms with E-state index in [-0.39, 0.29) is 21.7 Å². The predicted molar refractivity (Wildman–Crippen MR) is 80.6 cm³/mol. The zero-order valence-corrected chi connectivity index (χ0v) is 12.6. The molecule has 0 bridgehead atoms. The second-order valence-electron chi connectivity index (χ2n) is 4.81. The van der Waals surface area contributed by atoms with Gasteiger partial charge in [-0.05, 0) is 25.1 Å². The summed E-state index contributed by atoms with van der Waals surface area (Å²) in [5.41, 5.74) is 1.17. The Bertz CT molecular complexity index is 908. The van der Waals surface area contributed by atoms with Gasteiger partial charge in [0.25, 0.3) is 5.56 Å². The second-order valence-corrected chi connectivity index (χ2v) is 5.22. The maximum atomic E-state index is 12.6. The number of nitrogens with zero attached hydrogens (tertiary/aromatic N) is 4. The van der Waals surface area contributed by atoms with Crippen molar-refractivity contribution >= 4 is 17.4 Å². The van der Waals surface area contributed by atoms with Crippen LogP contribution in [0.2, 0.25) is 5.02 Å². The molecule has 0 unspecified atom stereocenters. The molecule has 0 amide bonds. The van der Waals surface area contributed by atoms with Crippen molar-refractivity contribution in [3.63, 3.8) is 0 Å². The number of nitrogens with one attached hydrogen (secondary N) is 1. The molecule has 0 radical (unpaired) electrons. The first-order valence-corrected chi connectivity index (χ1v) is 6.81. The Morgan fingerprint density at radius 3 is 2.68 bits per heavy atom. The number of carbonyl (C=O) groups is 1. The molecule has 1 aromatic carbocycles. The molecule has 2 heterocycles. The van der Waals surface area contributed by atoms with E-state index in [2.05, 4.69) is 15.2 Å². The second kappa shape index (κ2) is 5.27. The van der Waals surface area contributed by atoms with Crippen LogP contribution in [-0.2, 0) is 7.05 Å². The van der Waals surface area contributed by atoms with Crippen LogP contribution in [0, 0.1) is 6.92 Å². The Morgan fingerprint density at radius 2 is 2.14 bits per heavy atom. The van der Waals surface area contributed by atoms with Gasteiger partial charge in [0.05, 0.1) is 10.7 Å². The average Bonchev–Trinajstić information content (AvgIpc) is 3.08. The van der Waals surface area contributed by atoms with E-state index < -0.39 is 5.78 Å². The van der Waals surface area contributed by atoms with Gasteiger partial charge in [-0.3, -0.25) is 19.4 Å². The summed E-state index contributed by atoms with van der Waals surface area (Å²) in [7, 11) is 1.56. The summed E-state index contributed by atoms with van der Waals surface area (Å²) in [6, 6.07) is 4.88. The largest absolute Gasteiger partial charge is 0.299 e. The lowest BCUT2D eigenvalue weighted by Gasteiger charge is -2.05. The molecular weight excluding hydrogens is 306 g/mol. The number of halogens is 1. The summed E-state index contributed by atoms with van der Waals surface area (Å²) in [5, 5.41) is 7.04. The fraction of sp³-hybridized carbons (Fsp3) is 0.143. The summed E-state index contributed by atoms with van der Waals surface area (Å²) in [4.78, 5) is 28.4. The Morgan fingerprint density at radius 1 is 1.36 bits per heavy atom. The number of rotatable bonds is 3. The quantitative estimate of drug-likeness (QED) is 0.742. The van der Waals surface area contributed by atoms with Crippen molar-refractivity contribution in [3.05, 3.63) is 63.1 Å². The number of hydrogen-bond acceptors (Lipinski definition) is 4. The molecule has 3 rings (SSSR count). The van der Waals surface area contributed by atoms with Gasteiger partial charge in [0.1, 0.15) is 18.2 Å². The first-order valence-electron chi connectivity index (χ1n) is 6.44. The lowest BCUT2D eigenvalue weighted by Crippen LogP contribution is -2.19. The Hall–Kier alpha value is -2.67. The van der Waals surface area contributed by atoms with Crippen molar-refractivity contribution in [1.82, 2.24) is 24.5 Å². The first-order chi connectivity index (χ1) is 10.5. The van der Waals surface area contributed by atoms with Crippen LogP contribution in [0.25, 0.3) is 5.69 Å². The number of aryl methyl sites for hydroxylation is 2. The van der Waals surface area contributed by atoms with Crippen LogP contribution in [0.1, 0.15) is 21.6 Å². The van der Waals surface area contributed by atoms with Gasteiger partial charge in [0, 0.05) is 18.3 Å². The molecule has 8 heteroatoms. The third-order valence-electron chi connectivity index (χ3n) is 3.34. The minimum atomic E-state index is -0.408. The average molecular weight is 318 g/mol. The Kier molecular flexibility index (Phi) is 3.42. The molecule has 22 heavy (non-hydrogen) atoms. The van der Waals surface area contributed by atoms with Gasteiger partial charge in [-0.2, -0.15) is 5.10 Å². The van der Waals surface area contributed by atoms with Gasteiger partial charge in [-0.25, -0.2) is 9.67 Å². The highest BCUT2D eigenvalue weighted by molar-refractivity contribution is 6.35. The number of aromatic amines is 1. The van der Waals surface area contributed by atoms with Gasteiger partial charge >= 0.3 is 0 Å². The summed E-state index contributed by atoms with van der Waals surface area (Å²) in [6.07, 6.45) is 2.93. The molecular formula is C14H12ClN5O2. The lowest BCUT2D eigenvalue weighted by molar-refractivity contribution is 0.103. The Labute approximate surface area is 130 Å². The minimum Gasteiger partial charge on any atom is -0.299 e. The minimum absolute atomic E-state index is 0.0953.